The number of hydroxylamine groups is 1. The summed E-state index contributed by atoms with van der Waals surface area (Å²) >= 11 is 0. The zero-order valence-electron chi connectivity index (χ0n) is 20.2. The third-order valence-corrected chi connectivity index (χ3v) is 5.97. The molecule has 0 radical (unpaired) electrons. The van der Waals surface area contributed by atoms with E-state index in [-0.39, 0.29) is 36.9 Å². The molecule has 2 amide bonds. The Hall–Kier alpha value is -3.47. The van der Waals surface area contributed by atoms with Crippen LogP contribution >= 0.6 is 0 Å². The molecule has 0 saturated carbocycles. The first-order chi connectivity index (χ1) is 17.1. The van der Waals surface area contributed by atoms with Crippen LogP contribution in [-0.2, 0) is 11.2 Å². The highest BCUT2D eigenvalue weighted by Crippen LogP contribution is 2.23. The van der Waals surface area contributed by atoms with E-state index in [1.54, 1.807) is 55.7 Å². The van der Waals surface area contributed by atoms with Crippen LogP contribution in [0.1, 0.15) is 49.2 Å². The van der Waals surface area contributed by atoms with E-state index in [9.17, 15) is 24.2 Å². The maximum Gasteiger partial charge on any atom is 0.271 e. The summed E-state index contributed by atoms with van der Waals surface area (Å²) in [7, 11) is 0. The van der Waals surface area contributed by atoms with Gasteiger partial charge in [-0.25, -0.2) is 14.9 Å². The summed E-state index contributed by atoms with van der Waals surface area (Å²) in [5, 5.41) is 33.0. The molecule has 0 aliphatic rings. The van der Waals surface area contributed by atoms with Crippen molar-refractivity contribution in [2.75, 3.05) is 0 Å². The minimum Gasteiger partial charge on any atom is -0.391 e. The van der Waals surface area contributed by atoms with Gasteiger partial charge in [-0.15, -0.1) is 0 Å². The first kappa shape index (κ1) is 27.1. The van der Waals surface area contributed by atoms with Crippen LogP contribution in [-0.4, -0.2) is 54.9 Å². The Kier molecular flexibility index (Phi) is 9.03. The third-order valence-electron chi connectivity index (χ3n) is 5.97. The van der Waals surface area contributed by atoms with E-state index < -0.39 is 41.3 Å². The SMILES string of the molecule is CC(C)(O)CCC(C[C@@H](O)[C@@H](Cc1ccccc1F)NC(=O)c1cnc2ccccc2n1)C(=O)NO. The van der Waals surface area contributed by atoms with Gasteiger partial charge in [-0.2, -0.15) is 0 Å². The zero-order chi connectivity index (χ0) is 26.3. The lowest BCUT2D eigenvalue weighted by Crippen LogP contribution is -2.47. The molecule has 0 aliphatic heterocycles. The van der Waals surface area contributed by atoms with Crippen LogP contribution in [0, 0.1) is 11.7 Å². The molecule has 0 fully saturated rings. The van der Waals surface area contributed by atoms with Crippen molar-refractivity contribution in [2.45, 2.75) is 57.3 Å². The molecule has 3 rings (SSSR count). The van der Waals surface area contributed by atoms with Crippen LogP contribution in [0.15, 0.2) is 54.7 Å². The number of aromatic nitrogens is 2. The molecule has 0 spiro atoms. The molecule has 1 unspecified atom stereocenters. The largest absolute Gasteiger partial charge is 0.391 e. The van der Waals surface area contributed by atoms with Gasteiger partial charge in [-0.1, -0.05) is 30.3 Å². The van der Waals surface area contributed by atoms with Crippen LogP contribution in [0.2, 0.25) is 0 Å². The molecule has 9 nitrogen and oxygen atoms in total. The van der Waals surface area contributed by atoms with Gasteiger partial charge < -0.3 is 15.5 Å². The van der Waals surface area contributed by atoms with Crippen molar-refractivity contribution in [1.82, 2.24) is 20.8 Å². The Bertz CT molecular complexity index is 1200. The number of amides is 2. The maximum absolute atomic E-state index is 14.4. The van der Waals surface area contributed by atoms with Gasteiger partial charge in [-0.3, -0.25) is 19.8 Å². The van der Waals surface area contributed by atoms with Crippen molar-refractivity contribution >= 4 is 22.8 Å². The number of nitrogens with zero attached hydrogens (tertiary/aromatic N) is 2. The molecule has 5 N–H and O–H groups in total. The van der Waals surface area contributed by atoms with E-state index in [2.05, 4.69) is 15.3 Å². The van der Waals surface area contributed by atoms with Gasteiger partial charge in [-0.05, 0) is 63.3 Å². The van der Waals surface area contributed by atoms with Crippen molar-refractivity contribution in [3.05, 3.63) is 71.8 Å². The number of hydrogen-bond donors (Lipinski definition) is 5. The lowest BCUT2D eigenvalue weighted by molar-refractivity contribution is -0.135. The lowest BCUT2D eigenvalue weighted by atomic mass is 9.87. The monoisotopic (exact) mass is 498 g/mol. The highest BCUT2D eigenvalue weighted by atomic mass is 19.1. The fraction of sp³-hybridized carbons (Fsp3) is 0.385. The summed E-state index contributed by atoms with van der Waals surface area (Å²) in [5.74, 6) is -2.71. The number of fused-ring (bicyclic) bond motifs is 1. The van der Waals surface area contributed by atoms with E-state index >= 15 is 0 Å². The molecule has 3 atom stereocenters. The zero-order valence-corrected chi connectivity index (χ0v) is 20.2. The topological polar surface area (TPSA) is 145 Å². The van der Waals surface area contributed by atoms with Gasteiger partial charge in [0.1, 0.15) is 11.5 Å². The number of carbonyl (C=O) groups excluding carboxylic acids is 2. The molecule has 1 heterocycles. The lowest BCUT2D eigenvalue weighted by Gasteiger charge is -2.28. The average molecular weight is 499 g/mol. The number of rotatable bonds is 11. The second-order valence-corrected chi connectivity index (χ2v) is 9.45. The Labute approximate surface area is 208 Å². The number of hydrogen-bond acceptors (Lipinski definition) is 7. The van der Waals surface area contributed by atoms with Crippen molar-refractivity contribution in [1.29, 1.82) is 0 Å². The quantitative estimate of drug-likeness (QED) is 0.202. The molecule has 0 aliphatic carbocycles. The summed E-state index contributed by atoms with van der Waals surface area (Å²) in [6.07, 6.45) is 0.227. The van der Waals surface area contributed by atoms with Crippen LogP contribution in [0.4, 0.5) is 4.39 Å². The number of carbonyl (C=O) groups is 2. The normalized spacial score (nSPS) is 14.2. The molecule has 2 aromatic carbocycles. The number of halogens is 1. The Morgan fingerprint density at radius 1 is 1.08 bits per heavy atom. The van der Waals surface area contributed by atoms with Gasteiger partial charge in [0.15, 0.2) is 0 Å². The number of para-hydroxylation sites is 2. The van der Waals surface area contributed by atoms with Crippen molar-refractivity contribution in [3.8, 4) is 0 Å². The predicted octanol–water partition coefficient (Wildman–Crippen LogP) is 2.53. The number of nitrogens with one attached hydrogen (secondary N) is 2. The van der Waals surface area contributed by atoms with Gasteiger partial charge >= 0.3 is 0 Å². The van der Waals surface area contributed by atoms with Crippen LogP contribution in [0.3, 0.4) is 0 Å². The Morgan fingerprint density at radius 2 is 1.75 bits per heavy atom. The van der Waals surface area contributed by atoms with Crippen LogP contribution < -0.4 is 10.8 Å². The smallest absolute Gasteiger partial charge is 0.271 e. The summed E-state index contributed by atoms with van der Waals surface area (Å²) in [6.45, 7) is 3.17. The van der Waals surface area contributed by atoms with Gasteiger partial charge in [0.05, 0.1) is 35.0 Å². The van der Waals surface area contributed by atoms with E-state index in [0.717, 1.165) is 0 Å². The Morgan fingerprint density at radius 3 is 2.42 bits per heavy atom. The van der Waals surface area contributed by atoms with Gasteiger partial charge in [0, 0.05) is 5.92 Å². The van der Waals surface area contributed by atoms with E-state index in [1.807, 2.05) is 0 Å². The van der Waals surface area contributed by atoms with Gasteiger partial charge in [0.2, 0.25) is 5.91 Å². The highest BCUT2D eigenvalue weighted by Gasteiger charge is 2.30. The second kappa shape index (κ2) is 12.0. The minimum absolute atomic E-state index is 0.0196. The molecule has 36 heavy (non-hydrogen) atoms. The van der Waals surface area contributed by atoms with Crippen LogP contribution in [0.25, 0.3) is 11.0 Å². The molecular weight excluding hydrogens is 467 g/mol. The number of aliphatic hydroxyl groups is 2. The first-order valence-corrected chi connectivity index (χ1v) is 11.7. The standard InChI is InChI=1S/C26H31FN4O5/c1-26(2,35)12-11-17(24(33)31-36)14-23(32)21(13-16-7-3-4-8-18(16)27)30-25(34)22-15-28-19-9-5-6-10-20(19)29-22/h3-10,15,17,21,23,32,35-36H,11-14H2,1-2H3,(H,30,34)(H,31,33)/t17?,21-,23-/m1/s1. The molecule has 192 valence electrons. The second-order valence-electron chi connectivity index (χ2n) is 9.45. The van der Waals surface area contributed by atoms with Crippen molar-refractivity contribution in [2.24, 2.45) is 5.92 Å². The predicted molar refractivity (Wildman–Crippen MR) is 130 cm³/mol. The van der Waals surface area contributed by atoms with Crippen molar-refractivity contribution < 1.29 is 29.4 Å². The van der Waals surface area contributed by atoms with E-state index in [0.29, 0.717) is 11.0 Å². The molecular formula is C26H31FN4O5. The van der Waals surface area contributed by atoms with E-state index in [4.69, 9.17) is 5.21 Å². The molecule has 1 aromatic heterocycles. The summed E-state index contributed by atoms with van der Waals surface area (Å²) < 4.78 is 14.4. The van der Waals surface area contributed by atoms with Crippen LogP contribution in [0.5, 0.6) is 0 Å². The average Bonchev–Trinajstić information content (AvgIpc) is 2.85. The Balaban J connectivity index is 1.83. The summed E-state index contributed by atoms with van der Waals surface area (Å²) in [6, 6.07) is 12.1. The number of benzene rings is 2. The summed E-state index contributed by atoms with van der Waals surface area (Å²) in [4.78, 5) is 33.8. The molecule has 0 saturated heterocycles. The molecule has 10 heteroatoms. The summed E-state index contributed by atoms with van der Waals surface area (Å²) in [5.41, 5.74) is 1.95. The fourth-order valence-corrected chi connectivity index (χ4v) is 3.92. The van der Waals surface area contributed by atoms with E-state index in [1.165, 1.54) is 18.3 Å². The number of aliphatic hydroxyl groups excluding tert-OH is 1. The molecule has 3 aromatic rings. The minimum atomic E-state index is -1.29. The van der Waals surface area contributed by atoms with Crippen molar-refractivity contribution in [3.63, 3.8) is 0 Å². The fourth-order valence-electron chi connectivity index (χ4n) is 3.92. The maximum atomic E-state index is 14.4. The highest BCUT2D eigenvalue weighted by molar-refractivity contribution is 5.94. The van der Waals surface area contributed by atoms with Gasteiger partial charge in [0.25, 0.3) is 5.91 Å². The third kappa shape index (κ3) is 7.51. The molecule has 0 bridgehead atoms. The first-order valence-electron chi connectivity index (χ1n) is 11.7.